The largest absolute Gasteiger partial charge is 0.449 e. The number of nitrogens with zero attached hydrogens (tertiary/aromatic N) is 5. The first kappa shape index (κ1) is 26.0. The first-order valence-electron chi connectivity index (χ1n) is 11.4. The predicted octanol–water partition coefficient (Wildman–Crippen LogP) is 2.98. The van der Waals surface area contributed by atoms with Crippen LogP contribution in [0.1, 0.15) is 36.7 Å². The Bertz CT molecular complexity index is 1090. The van der Waals surface area contributed by atoms with Gasteiger partial charge in [-0.25, -0.2) is 9.18 Å². The molecule has 2 amide bonds. The van der Waals surface area contributed by atoms with Crippen LogP contribution in [0, 0.1) is 28.5 Å². The Balaban J connectivity index is 1.77. The summed E-state index contributed by atoms with van der Waals surface area (Å²) in [5, 5.41) is 17.1. The lowest BCUT2D eigenvalue weighted by Crippen LogP contribution is -2.45. The summed E-state index contributed by atoms with van der Waals surface area (Å²) < 4.78 is 20.3. The van der Waals surface area contributed by atoms with Crippen LogP contribution in [-0.4, -0.2) is 71.9 Å². The quantitative estimate of drug-likeness (QED) is 0.588. The molecule has 0 radical (unpaired) electrons. The molecule has 0 bridgehead atoms. The van der Waals surface area contributed by atoms with Crippen molar-refractivity contribution in [2.24, 2.45) is 17.1 Å². The summed E-state index contributed by atoms with van der Waals surface area (Å²) in [7, 11) is 3.93. The molecule has 1 aromatic carbocycles. The number of hydrogen-bond donors (Lipinski definition) is 2. The number of amides is 2. The summed E-state index contributed by atoms with van der Waals surface area (Å²) in [5.74, 6) is -1.34. The number of benzene rings is 1. The molecule has 3 N–H and O–H groups in total. The molecule has 11 heteroatoms. The molecule has 3 rings (SSSR count). The van der Waals surface area contributed by atoms with Gasteiger partial charge in [0, 0.05) is 36.9 Å². The first-order valence-corrected chi connectivity index (χ1v) is 11.4. The molecule has 10 nitrogen and oxygen atoms in total. The number of likely N-dealkylation sites (tertiary alicyclic amines) is 1. The molecule has 2 aromatic rings. The highest BCUT2D eigenvalue weighted by atomic mass is 19.1. The van der Waals surface area contributed by atoms with E-state index in [0.29, 0.717) is 18.7 Å². The number of nitriles is 1. The van der Waals surface area contributed by atoms with E-state index in [1.54, 1.807) is 4.90 Å². The maximum atomic E-state index is 13.2. The molecule has 0 saturated carbocycles. The van der Waals surface area contributed by atoms with Gasteiger partial charge in [0.2, 0.25) is 0 Å². The summed E-state index contributed by atoms with van der Waals surface area (Å²) in [4.78, 5) is 28.5. The number of primary amides is 1. The van der Waals surface area contributed by atoms with E-state index in [0.717, 1.165) is 6.54 Å². The molecular weight excluding hydrogens is 453 g/mol. The summed E-state index contributed by atoms with van der Waals surface area (Å²) in [6, 6.07) is 7.35. The van der Waals surface area contributed by atoms with E-state index >= 15 is 0 Å². The predicted molar refractivity (Wildman–Crippen MR) is 128 cm³/mol. The van der Waals surface area contributed by atoms with Crippen molar-refractivity contribution in [1.82, 2.24) is 19.6 Å². The number of piperidine rings is 1. The van der Waals surface area contributed by atoms with Crippen LogP contribution in [0.2, 0.25) is 0 Å². The van der Waals surface area contributed by atoms with Crippen LogP contribution in [0.4, 0.5) is 20.7 Å². The monoisotopic (exact) mass is 485 g/mol. The Labute approximate surface area is 204 Å². The average Bonchev–Trinajstić information content (AvgIpc) is 3.21. The molecule has 1 fully saturated rings. The van der Waals surface area contributed by atoms with Crippen molar-refractivity contribution in [3.63, 3.8) is 0 Å². The molecule has 1 aromatic heterocycles. The van der Waals surface area contributed by atoms with E-state index in [2.05, 4.69) is 16.5 Å². The van der Waals surface area contributed by atoms with Crippen molar-refractivity contribution in [2.75, 3.05) is 45.7 Å². The smallest absolute Gasteiger partial charge is 0.409 e. The zero-order valence-corrected chi connectivity index (χ0v) is 20.5. The van der Waals surface area contributed by atoms with Crippen LogP contribution in [0.25, 0.3) is 0 Å². The number of nitrogens with two attached hydrogens (primary N) is 1. The van der Waals surface area contributed by atoms with E-state index in [1.807, 2.05) is 32.8 Å². The number of nitrogens with one attached hydrogen (secondary N) is 1. The van der Waals surface area contributed by atoms with Gasteiger partial charge in [0.15, 0.2) is 5.82 Å². The summed E-state index contributed by atoms with van der Waals surface area (Å²) >= 11 is 0. The fourth-order valence-corrected chi connectivity index (χ4v) is 4.27. The van der Waals surface area contributed by atoms with Crippen molar-refractivity contribution < 1.29 is 18.7 Å². The highest BCUT2D eigenvalue weighted by Gasteiger charge is 2.35. The maximum Gasteiger partial charge on any atom is 0.409 e. The standard InChI is InChI=1S/C24H32FN7O3/c1-24(2,14-30(3)4)15-35-23(34)31-10-9-16(11-26)20(13-31)32-12-19(21(27)33)22(29-32)28-18-7-5-17(25)6-8-18/h5-8,12,16,20H,9-10,13-15H2,1-4H3,(H2,27,33)(H,28,29)/t16-,20+/m1/s1. The number of ether oxygens (including phenoxy) is 1. The lowest BCUT2D eigenvalue weighted by atomic mass is 9.93. The molecule has 2 atom stereocenters. The van der Waals surface area contributed by atoms with Crippen molar-refractivity contribution >= 4 is 23.5 Å². The minimum atomic E-state index is -0.704. The zero-order chi connectivity index (χ0) is 25.8. The fourth-order valence-electron chi connectivity index (χ4n) is 4.27. The fraction of sp³-hybridized carbons (Fsp3) is 0.500. The molecule has 1 aliphatic rings. The van der Waals surface area contributed by atoms with E-state index in [1.165, 1.54) is 35.1 Å². The van der Waals surface area contributed by atoms with Crippen LogP contribution in [0.15, 0.2) is 30.5 Å². The van der Waals surface area contributed by atoms with Gasteiger partial charge in [-0.05, 0) is 44.8 Å². The number of hydrogen-bond acceptors (Lipinski definition) is 7. The van der Waals surface area contributed by atoms with Crippen molar-refractivity contribution in [3.05, 3.63) is 41.8 Å². The Hall–Kier alpha value is -3.65. The van der Waals surface area contributed by atoms with E-state index < -0.39 is 29.8 Å². The van der Waals surface area contributed by atoms with Crippen LogP contribution < -0.4 is 11.1 Å². The second-order valence-electron chi connectivity index (χ2n) is 9.86. The SMILES string of the molecule is CN(C)CC(C)(C)COC(=O)N1CC[C@H](C#N)[C@@H](n2cc(C(N)=O)c(Nc3ccc(F)cc3)n2)C1. The molecule has 0 spiro atoms. The Morgan fingerprint density at radius 1 is 1.34 bits per heavy atom. The Morgan fingerprint density at radius 2 is 2.03 bits per heavy atom. The molecule has 0 unspecified atom stereocenters. The van der Waals surface area contributed by atoms with Crippen LogP contribution in [-0.2, 0) is 4.74 Å². The number of halogens is 1. The topological polar surface area (TPSA) is 130 Å². The average molecular weight is 486 g/mol. The summed E-state index contributed by atoms with van der Waals surface area (Å²) in [5.41, 5.74) is 5.97. The number of rotatable bonds is 8. The molecule has 1 aliphatic heterocycles. The van der Waals surface area contributed by atoms with Crippen molar-refractivity contribution in [3.8, 4) is 6.07 Å². The number of aromatic nitrogens is 2. The Kier molecular flexibility index (Phi) is 7.96. The van der Waals surface area contributed by atoms with Gasteiger partial charge in [0.1, 0.15) is 11.4 Å². The molecule has 35 heavy (non-hydrogen) atoms. The van der Waals surface area contributed by atoms with E-state index in [9.17, 15) is 19.2 Å². The maximum absolute atomic E-state index is 13.2. The molecular formula is C24H32FN7O3. The van der Waals surface area contributed by atoms with Gasteiger partial charge in [-0.1, -0.05) is 13.8 Å². The van der Waals surface area contributed by atoms with Gasteiger partial charge < -0.3 is 25.6 Å². The molecule has 1 saturated heterocycles. The van der Waals surface area contributed by atoms with Gasteiger partial charge in [0.25, 0.3) is 5.91 Å². The normalized spacial score (nSPS) is 18.3. The third-order valence-corrected chi connectivity index (χ3v) is 5.78. The number of carbonyl (C=O) groups excluding carboxylic acids is 2. The first-order chi connectivity index (χ1) is 16.5. The zero-order valence-electron chi connectivity index (χ0n) is 20.5. The van der Waals surface area contributed by atoms with Gasteiger partial charge in [-0.3, -0.25) is 9.48 Å². The summed E-state index contributed by atoms with van der Waals surface area (Å²) in [6.07, 6.45) is 1.45. The lowest BCUT2D eigenvalue weighted by molar-refractivity contribution is 0.0431. The lowest BCUT2D eigenvalue weighted by Gasteiger charge is -2.36. The van der Waals surface area contributed by atoms with Crippen molar-refractivity contribution in [1.29, 1.82) is 5.26 Å². The van der Waals surface area contributed by atoms with Gasteiger partial charge >= 0.3 is 6.09 Å². The Morgan fingerprint density at radius 3 is 2.63 bits per heavy atom. The third kappa shape index (κ3) is 6.70. The highest BCUT2D eigenvalue weighted by molar-refractivity contribution is 5.98. The van der Waals surface area contributed by atoms with E-state index in [-0.39, 0.29) is 29.9 Å². The minimum Gasteiger partial charge on any atom is -0.449 e. The highest BCUT2D eigenvalue weighted by Crippen LogP contribution is 2.30. The van der Waals surface area contributed by atoms with Gasteiger partial charge in [0.05, 0.1) is 24.6 Å². The number of anilines is 2. The third-order valence-electron chi connectivity index (χ3n) is 5.78. The van der Waals surface area contributed by atoms with Crippen LogP contribution >= 0.6 is 0 Å². The molecule has 2 heterocycles. The summed E-state index contributed by atoms with van der Waals surface area (Å²) in [6.45, 7) is 5.64. The van der Waals surface area contributed by atoms with Crippen LogP contribution in [0.3, 0.4) is 0 Å². The molecule has 188 valence electrons. The minimum absolute atomic E-state index is 0.121. The second kappa shape index (κ2) is 10.7. The second-order valence-corrected chi connectivity index (χ2v) is 9.86. The van der Waals surface area contributed by atoms with Crippen LogP contribution in [0.5, 0.6) is 0 Å². The van der Waals surface area contributed by atoms with Crippen molar-refractivity contribution in [2.45, 2.75) is 26.3 Å². The molecule has 0 aliphatic carbocycles. The van der Waals surface area contributed by atoms with E-state index in [4.69, 9.17) is 10.5 Å². The van der Waals surface area contributed by atoms with Gasteiger partial charge in [-0.2, -0.15) is 10.4 Å². The number of carbonyl (C=O) groups is 2. The van der Waals surface area contributed by atoms with Gasteiger partial charge in [-0.15, -0.1) is 0 Å².